The van der Waals surface area contributed by atoms with Crippen LogP contribution >= 0.6 is 0 Å². The van der Waals surface area contributed by atoms with Crippen LogP contribution in [0.2, 0.25) is 0 Å². The van der Waals surface area contributed by atoms with E-state index in [-0.39, 0.29) is 5.56 Å². The molecule has 0 saturated heterocycles. The number of halogens is 3. The second-order valence-electron chi connectivity index (χ2n) is 4.71. The van der Waals surface area contributed by atoms with Gasteiger partial charge in [0.25, 0.3) is 5.78 Å². The number of alkyl halides is 3. The van der Waals surface area contributed by atoms with E-state index < -0.39 is 12.0 Å². The van der Waals surface area contributed by atoms with Gasteiger partial charge in [-0.05, 0) is 19.1 Å². The molecule has 3 nitrogen and oxygen atoms in total. The number of methoxy groups -OCH3 is 1. The molecule has 0 spiro atoms. The fourth-order valence-corrected chi connectivity index (χ4v) is 2.06. The lowest BCUT2D eigenvalue weighted by molar-refractivity contribution is -0.0885. The van der Waals surface area contributed by atoms with E-state index in [0.29, 0.717) is 12.3 Å². The zero-order valence-corrected chi connectivity index (χ0v) is 11.6. The first kappa shape index (κ1) is 15.2. The first-order valence-electron chi connectivity index (χ1n) is 6.22. The Kier molecular flexibility index (Phi) is 4.06. The van der Waals surface area contributed by atoms with Crippen molar-refractivity contribution < 1.29 is 22.7 Å². The first-order chi connectivity index (χ1) is 9.81. The minimum atomic E-state index is -4.85. The number of carbonyl (C=O) groups excluding carboxylic acids is 1. The van der Waals surface area contributed by atoms with E-state index in [9.17, 15) is 18.0 Å². The van der Waals surface area contributed by atoms with E-state index in [2.05, 4.69) is 0 Å². The fraction of sp³-hybridized carbons (Fsp3) is 0.267. The van der Waals surface area contributed by atoms with E-state index in [0.717, 1.165) is 17.2 Å². The van der Waals surface area contributed by atoms with Gasteiger partial charge in [-0.25, -0.2) is 0 Å². The topological polar surface area (TPSA) is 31.2 Å². The molecular formula is C15H14F3NO2. The highest BCUT2D eigenvalue weighted by Gasteiger charge is 2.39. The molecular weight excluding hydrogens is 283 g/mol. The van der Waals surface area contributed by atoms with E-state index in [1.54, 1.807) is 6.07 Å². The highest BCUT2D eigenvalue weighted by Crippen LogP contribution is 2.24. The summed E-state index contributed by atoms with van der Waals surface area (Å²) >= 11 is 0. The third-order valence-corrected chi connectivity index (χ3v) is 3.06. The maximum absolute atomic E-state index is 12.4. The SMILES string of the molecule is COc1ccc(C)cc1Cn1ccc(C(=O)C(F)(F)F)c1. The predicted molar refractivity (Wildman–Crippen MR) is 71.7 cm³/mol. The average molecular weight is 297 g/mol. The summed E-state index contributed by atoms with van der Waals surface area (Å²) in [5, 5.41) is 0. The van der Waals surface area contributed by atoms with E-state index in [1.165, 1.54) is 24.1 Å². The summed E-state index contributed by atoms with van der Waals surface area (Å²) in [6.45, 7) is 2.24. The van der Waals surface area contributed by atoms with Crippen LogP contribution in [0.25, 0.3) is 0 Å². The Morgan fingerprint density at radius 1 is 1.29 bits per heavy atom. The van der Waals surface area contributed by atoms with Gasteiger partial charge in [0.2, 0.25) is 0 Å². The molecule has 1 heterocycles. The van der Waals surface area contributed by atoms with Crippen molar-refractivity contribution in [2.75, 3.05) is 7.11 Å². The molecule has 0 radical (unpaired) electrons. The first-order valence-corrected chi connectivity index (χ1v) is 6.22. The zero-order chi connectivity index (χ0) is 15.6. The zero-order valence-electron chi connectivity index (χ0n) is 11.6. The number of aryl methyl sites for hydroxylation is 1. The molecule has 0 aliphatic heterocycles. The summed E-state index contributed by atoms with van der Waals surface area (Å²) in [5.74, 6) is -1.18. The Labute approximate surface area is 120 Å². The minimum Gasteiger partial charge on any atom is -0.496 e. The Morgan fingerprint density at radius 3 is 2.62 bits per heavy atom. The van der Waals surface area contributed by atoms with Gasteiger partial charge in [0, 0.05) is 23.5 Å². The summed E-state index contributed by atoms with van der Waals surface area (Å²) in [7, 11) is 1.53. The smallest absolute Gasteiger partial charge is 0.454 e. The molecule has 0 fully saturated rings. The lowest BCUT2D eigenvalue weighted by Crippen LogP contribution is -2.22. The lowest BCUT2D eigenvalue weighted by Gasteiger charge is -2.10. The molecule has 0 amide bonds. The maximum Gasteiger partial charge on any atom is 0.454 e. The highest BCUT2D eigenvalue weighted by atomic mass is 19.4. The van der Waals surface area contributed by atoms with Gasteiger partial charge in [0.1, 0.15) is 5.75 Å². The van der Waals surface area contributed by atoms with E-state index >= 15 is 0 Å². The van der Waals surface area contributed by atoms with Crippen molar-refractivity contribution in [3.8, 4) is 5.75 Å². The number of benzene rings is 1. The largest absolute Gasteiger partial charge is 0.496 e. The van der Waals surface area contributed by atoms with Gasteiger partial charge in [-0.2, -0.15) is 13.2 Å². The number of hydrogen-bond donors (Lipinski definition) is 0. The molecule has 6 heteroatoms. The molecule has 1 aromatic heterocycles. The van der Waals surface area contributed by atoms with Crippen LogP contribution in [0.4, 0.5) is 13.2 Å². The third-order valence-electron chi connectivity index (χ3n) is 3.06. The number of nitrogens with zero attached hydrogens (tertiary/aromatic N) is 1. The van der Waals surface area contributed by atoms with Crippen molar-refractivity contribution in [2.24, 2.45) is 0 Å². The molecule has 0 atom stereocenters. The molecule has 112 valence electrons. The fourth-order valence-electron chi connectivity index (χ4n) is 2.06. The molecule has 2 aromatic rings. The summed E-state index contributed by atoms with van der Waals surface area (Å²) in [4.78, 5) is 11.1. The average Bonchev–Trinajstić information content (AvgIpc) is 2.85. The van der Waals surface area contributed by atoms with Gasteiger partial charge in [-0.15, -0.1) is 0 Å². The van der Waals surface area contributed by atoms with Crippen molar-refractivity contribution in [3.63, 3.8) is 0 Å². The predicted octanol–water partition coefficient (Wildman–Crippen LogP) is 3.60. The summed E-state index contributed by atoms with van der Waals surface area (Å²) < 4.78 is 43.8. The number of Topliss-reactive ketones (excluding diaryl/α,β-unsaturated/α-hetero) is 1. The van der Waals surface area contributed by atoms with E-state index in [1.807, 2.05) is 19.1 Å². The summed E-state index contributed by atoms with van der Waals surface area (Å²) in [6, 6.07) is 6.74. The summed E-state index contributed by atoms with van der Waals surface area (Å²) in [6.07, 6.45) is -2.22. The van der Waals surface area contributed by atoms with Crippen molar-refractivity contribution in [2.45, 2.75) is 19.6 Å². The van der Waals surface area contributed by atoms with Crippen molar-refractivity contribution in [1.82, 2.24) is 4.57 Å². The van der Waals surface area contributed by atoms with Gasteiger partial charge in [-0.3, -0.25) is 4.79 Å². The maximum atomic E-state index is 12.4. The molecule has 0 unspecified atom stereocenters. The second-order valence-corrected chi connectivity index (χ2v) is 4.71. The Hall–Kier alpha value is -2.24. The molecule has 0 aliphatic carbocycles. The van der Waals surface area contributed by atoms with Crippen molar-refractivity contribution in [1.29, 1.82) is 0 Å². The molecule has 0 N–H and O–H groups in total. The second kappa shape index (κ2) is 5.63. The Balaban J connectivity index is 2.24. The monoisotopic (exact) mass is 297 g/mol. The number of ether oxygens (including phenoxy) is 1. The highest BCUT2D eigenvalue weighted by molar-refractivity contribution is 6.00. The molecule has 0 aliphatic rings. The molecule has 0 saturated carbocycles. The number of carbonyl (C=O) groups is 1. The van der Waals surface area contributed by atoms with Crippen LogP contribution in [0.3, 0.4) is 0 Å². The normalized spacial score (nSPS) is 11.5. The van der Waals surface area contributed by atoms with Gasteiger partial charge in [0.05, 0.1) is 13.7 Å². The van der Waals surface area contributed by atoms with Crippen LogP contribution in [0.5, 0.6) is 5.75 Å². The van der Waals surface area contributed by atoms with Crippen LogP contribution in [-0.2, 0) is 6.54 Å². The molecule has 0 bridgehead atoms. The quantitative estimate of drug-likeness (QED) is 0.807. The number of rotatable bonds is 4. The van der Waals surface area contributed by atoms with Crippen LogP contribution < -0.4 is 4.74 Å². The number of hydrogen-bond acceptors (Lipinski definition) is 2. The molecule has 1 aromatic carbocycles. The van der Waals surface area contributed by atoms with Crippen molar-refractivity contribution in [3.05, 3.63) is 53.3 Å². The molecule has 2 rings (SSSR count). The van der Waals surface area contributed by atoms with Gasteiger partial charge in [-0.1, -0.05) is 17.7 Å². The standard InChI is InChI=1S/C15H14F3NO2/c1-10-3-4-13(21-2)12(7-10)9-19-6-5-11(8-19)14(20)15(16,17)18/h3-8H,9H2,1-2H3. The van der Waals surface area contributed by atoms with Crippen LogP contribution in [0.15, 0.2) is 36.7 Å². The van der Waals surface area contributed by atoms with Gasteiger partial charge >= 0.3 is 6.18 Å². The van der Waals surface area contributed by atoms with Crippen LogP contribution in [0, 0.1) is 6.92 Å². The lowest BCUT2D eigenvalue weighted by atomic mass is 10.1. The van der Waals surface area contributed by atoms with Crippen molar-refractivity contribution >= 4 is 5.78 Å². The number of ketones is 1. The van der Waals surface area contributed by atoms with Crippen LogP contribution in [0.1, 0.15) is 21.5 Å². The van der Waals surface area contributed by atoms with Crippen LogP contribution in [-0.4, -0.2) is 23.6 Å². The number of aromatic nitrogens is 1. The van der Waals surface area contributed by atoms with E-state index in [4.69, 9.17) is 4.74 Å². The Morgan fingerprint density at radius 2 is 2.00 bits per heavy atom. The summed E-state index contributed by atoms with van der Waals surface area (Å²) in [5.41, 5.74) is 1.48. The third kappa shape index (κ3) is 3.45. The van der Waals surface area contributed by atoms with Gasteiger partial charge < -0.3 is 9.30 Å². The van der Waals surface area contributed by atoms with Gasteiger partial charge in [0.15, 0.2) is 0 Å². The molecule has 21 heavy (non-hydrogen) atoms. The Bertz CT molecular complexity index is 659. The minimum absolute atomic E-state index is 0.329.